The predicted octanol–water partition coefficient (Wildman–Crippen LogP) is 1.62. The molecule has 1 aromatic rings. The lowest BCUT2D eigenvalue weighted by Gasteiger charge is -2.23. The van der Waals surface area contributed by atoms with Gasteiger partial charge in [0.1, 0.15) is 0 Å². The Bertz CT molecular complexity index is 386. The van der Waals surface area contributed by atoms with Gasteiger partial charge in [-0.1, -0.05) is 30.3 Å². The molecule has 0 radical (unpaired) electrons. The Labute approximate surface area is 115 Å². The van der Waals surface area contributed by atoms with E-state index in [0.29, 0.717) is 0 Å². The van der Waals surface area contributed by atoms with Crippen LogP contribution in [0.15, 0.2) is 30.3 Å². The first-order valence-corrected chi connectivity index (χ1v) is 7.06. The molecule has 0 unspecified atom stereocenters. The minimum Gasteiger partial charge on any atom is -0.335 e. The van der Waals surface area contributed by atoms with Gasteiger partial charge in [0.05, 0.1) is 0 Å². The zero-order valence-corrected chi connectivity index (χ0v) is 11.6. The number of benzene rings is 1. The van der Waals surface area contributed by atoms with Crippen LogP contribution < -0.4 is 10.6 Å². The Kier molecular flexibility index (Phi) is 5.21. The molecule has 0 saturated carbocycles. The quantitative estimate of drug-likeness (QED) is 0.868. The monoisotopic (exact) mass is 261 g/mol. The minimum absolute atomic E-state index is 0.0622. The van der Waals surface area contributed by atoms with Gasteiger partial charge in [0.2, 0.25) is 0 Å². The molecule has 1 heterocycles. The maximum Gasteiger partial charge on any atom is 0.317 e. The molecule has 1 aliphatic heterocycles. The second-order valence-electron chi connectivity index (χ2n) is 5.13. The third-order valence-electron chi connectivity index (χ3n) is 3.38. The van der Waals surface area contributed by atoms with E-state index in [-0.39, 0.29) is 12.1 Å². The molecular formula is C15H23N3O. The van der Waals surface area contributed by atoms with Gasteiger partial charge in [-0.15, -0.1) is 0 Å². The van der Waals surface area contributed by atoms with Crippen molar-refractivity contribution in [2.45, 2.75) is 25.8 Å². The van der Waals surface area contributed by atoms with Gasteiger partial charge in [0.15, 0.2) is 0 Å². The van der Waals surface area contributed by atoms with Gasteiger partial charge in [-0.3, -0.25) is 0 Å². The van der Waals surface area contributed by atoms with E-state index in [1.54, 1.807) is 0 Å². The molecule has 1 aliphatic rings. The lowest BCUT2D eigenvalue weighted by Crippen LogP contribution is -2.45. The van der Waals surface area contributed by atoms with Crippen LogP contribution in [0, 0.1) is 0 Å². The standard InChI is InChI=1S/C15H23N3O/c1-13(12-14-6-3-2-4-7-14)17-15(19)18-10-5-8-16-9-11-18/h2-4,6-7,13,16H,5,8-12H2,1H3,(H,17,19)/t13-/m0/s1. The summed E-state index contributed by atoms with van der Waals surface area (Å²) in [6.45, 7) is 5.59. The molecule has 2 amide bonds. The molecule has 0 spiro atoms. The minimum atomic E-state index is 0.0622. The van der Waals surface area contributed by atoms with Gasteiger partial charge in [-0.05, 0) is 31.9 Å². The van der Waals surface area contributed by atoms with Crippen LogP contribution in [0.1, 0.15) is 18.9 Å². The smallest absolute Gasteiger partial charge is 0.317 e. The van der Waals surface area contributed by atoms with Crippen LogP contribution in [0.2, 0.25) is 0 Å². The van der Waals surface area contributed by atoms with Crippen LogP contribution in [0.5, 0.6) is 0 Å². The highest BCUT2D eigenvalue weighted by Gasteiger charge is 2.16. The predicted molar refractivity (Wildman–Crippen MR) is 77.2 cm³/mol. The number of carbonyl (C=O) groups excluding carboxylic acids is 1. The Hall–Kier alpha value is -1.55. The third kappa shape index (κ3) is 4.56. The number of amides is 2. The highest BCUT2D eigenvalue weighted by Crippen LogP contribution is 2.04. The number of nitrogens with one attached hydrogen (secondary N) is 2. The zero-order valence-electron chi connectivity index (χ0n) is 11.6. The summed E-state index contributed by atoms with van der Waals surface area (Å²) in [6.07, 6.45) is 1.90. The molecule has 2 rings (SSSR count). The van der Waals surface area contributed by atoms with E-state index in [1.807, 2.05) is 23.1 Å². The summed E-state index contributed by atoms with van der Waals surface area (Å²) in [5.41, 5.74) is 1.26. The normalized spacial score (nSPS) is 17.6. The van der Waals surface area contributed by atoms with E-state index in [0.717, 1.165) is 39.0 Å². The van der Waals surface area contributed by atoms with Gasteiger partial charge in [0, 0.05) is 25.7 Å². The zero-order chi connectivity index (χ0) is 13.5. The van der Waals surface area contributed by atoms with E-state index < -0.39 is 0 Å². The topological polar surface area (TPSA) is 44.4 Å². The fourth-order valence-corrected chi connectivity index (χ4v) is 2.37. The first-order chi connectivity index (χ1) is 9.25. The van der Waals surface area contributed by atoms with Gasteiger partial charge >= 0.3 is 6.03 Å². The van der Waals surface area contributed by atoms with E-state index in [9.17, 15) is 4.79 Å². The van der Waals surface area contributed by atoms with Crippen LogP contribution in [-0.4, -0.2) is 43.2 Å². The Morgan fingerprint density at radius 2 is 2.11 bits per heavy atom. The first-order valence-electron chi connectivity index (χ1n) is 7.06. The molecule has 1 fully saturated rings. The fraction of sp³-hybridized carbons (Fsp3) is 0.533. The lowest BCUT2D eigenvalue weighted by molar-refractivity contribution is 0.198. The maximum atomic E-state index is 12.1. The SMILES string of the molecule is C[C@@H](Cc1ccccc1)NC(=O)N1CCCNCC1. The molecule has 0 aromatic heterocycles. The molecule has 104 valence electrons. The number of nitrogens with zero attached hydrogens (tertiary/aromatic N) is 1. The number of hydrogen-bond acceptors (Lipinski definition) is 2. The average Bonchev–Trinajstić information content (AvgIpc) is 2.68. The van der Waals surface area contributed by atoms with Crippen molar-refractivity contribution in [2.75, 3.05) is 26.2 Å². The first kappa shape index (κ1) is 13.9. The highest BCUT2D eigenvalue weighted by atomic mass is 16.2. The van der Waals surface area contributed by atoms with Crippen LogP contribution in [-0.2, 0) is 6.42 Å². The molecule has 4 heteroatoms. The van der Waals surface area contributed by atoms with Crippen LogP contribution in [0.3, 0.4) is 0 Å². The van der Waals surface area contributed by atoms with Crippen LogP contribution in [0.25, 0.3) is 0 Å². The lowest BCUT2D eigenvalue weighted by atomic mass is 10.1. The van der Waals surface area contributed by atoms with Gasteiger partial charge in [-0.25, -0.2) is 4.79 Å². The van der Waals surface area contributed by atoms with Crippen molar-refractivity contribution >= 4 is 6.03 Å². The summed E-state index contributed by atoms with van der Waals surface area (Å²) in [5, 5.41) is 6.39. The molecule has 19 heavy (non-hydrogen) atoms. The Morgan fingerprint density at radius 3 is 2.89 bits per heavy atom. The summed E-state index contributed by atoms with van der Waals surface area (Å²) >= 11 is 0. The number of urea groups is 1. The summed E-state index contributed by atoms with van der Waals surface area (Å²) in [7, 11) is 0. The van der Waals surface area contributed by atoms with E-state index >= 15 is 0 Å². The van der Waals surface area contributed by atoms with Crippen LogP contribution >= 0.6 is 0 Å². The number of rotatable bonds is 3. The van der Waals surface area contributed by atoms with Crippen molar-refractivity contribution in [3.8, 4) is 0 Å². The van der Waals surface area contributed by atoms with Crippen molar-refractivity contribution in [3.05, 3.63) is 35.9 Å². The van der Waals surface area contributed by atoms with Gasteiger partial charge in [-0.2, -0.15) is 0 Å². The molecule has 1 atom stereocenters. The summed E-state index contributed by atoms with van der Waals surface area (Å²) in [5.74, 6) is 0. The van der Waals surface area contributed by atoms with E-state index in [1.165, 1.54) is 5.56 Å². The summed E-state index contributed by atoms with van der Waals surface area (Å²) in [4.78, 5) is 14.0. The molecule has 1 aromatic carbocycles. The second kappa shape index (κ2) is 7.14. The van der Waals surface area contributed by atoms with E-state index in [4.69, 9.17) is 0 Å². The van der Waals surface area contributed by atoms with E-state index in [2.05, 4.69) is 29.7 Å². The highest BCUT2D eigenvalue weighted by molar-refractivity contribution is 5.74. The molecule has 4 nitrogen and oxygen atoms in total. The Balaban J connectivity index is 1.80. The number of carbonyl (C=O) groups is 1. The summed E-state index contributed by atoms with van der Waals surface area (Å²) in [6, 6.07) is 10.5. The fourth-order valence-electron chi connectivity index (χ4n) is 2.37. The third-order valence-corrected chi connectivity index (χ3v) is 3.38. The van der Waals surface area contributed by atoms with Crippen molar-refractivity contribution in [3.63, 3.8) is 0 Å². The molecule has 1 saturated heterocycles. The Morgan fingerprint density at radius 1 is 1.32 bits per heavy atom. The molecule has 0 aliphatic carbocycles. The maximum absolute atomic E-state index is 12.1. The van der Waals surface area contributed by atoms with Crippen molar-refractivity contribution < 1.29 is 4.79 Å². The van der Waals surface area contributed by atoms with Gasteiger partial charge < -0.3 is 15.5 Å². The van der Waals surface area contributed by atoms with Gasteiger partial charge in [0.25, 0.3) is 0 Å². The number of hydrogen-bond donors (Lipinski definition) is 2. The van der Waals surface area contributed by atoms with Crippen molar-refractivity contribution in [1.82, 2.24) is 15.5 Å². The van der Waals surface area contributed by atoms with Crippen LogP contribution in [0.4, 0.5) is 4.79 Å². The van der Waals surface area contributed by atoms with Crippen molar-refractivity contribution in [2.24, 2.45) is 0 Å². The average molecular weight is 261 g/mol. The van der Waals surface area contributed by atoms with Crippen molar-refractivity contribution in [1.29, 1.82) is 0 Å². The molecule has 2 N–H and O–H groups in total. The largest absolute Gasteiger partial charge is 0.335 e. The molecular weight excluding hydrogens is 238 g/mol. The molecule has 0 bridgehead atoms. The second-order valence-corrected chi connectivity index (χ2v) is 5.13. The summed E-state index contributed by atoms with van der Waals surface area (Å²) < 4.78 is 0.